The first-order chi connectivity index (χ1) is 14.0. The molecule has 0 spiro atoms. The van der Waals surface area contributed by atoms with Crippen molar-refractivity contribution in [1.82, 2.24) is 14.9 Å². The van der Waals surface area contributed by atoms with Crippen molar-refractivity contribution in [3.63, 3.8) is 0 Å². The van der Waals surface area contributed by atoms with E-state index in [0.717, 1.165) is 24.9 Å². The number of carbonyl (C=O) groups is 2. The number of benzene rings is 1. The number of para-hydroxylation sites is 1. The third kappa shape index (κ3) is 4.07. The molecular weight excluding hydrogens is 364 g/mol. The zero-order valence-corrected chi connectivity index (χ0v) is 17.3. The number of hydrogen-bond donors (Lipinski definition) is 1. The van der Waals surface area contributed by atoms with Gasteiger partial charge in [0, 0.05) is 30.7 Å². The first-order valence-electron chi connectivity index (χ1n) is 10.7. The highest BCUT2D eigenvalue weighted by Crippen LogP contribution is 2.32. The fourth-order valence-electron chi connectivity index (χ4n) is 4.75. The van der Waals surface area contributed by atoms with Crippen LogP contribution in [-0.2, 0) is 16.0 Å². The summed E-state index contributed by atoms with van der Waals surface area (Å²) < 4.78 is 1.76. The molecule has 29 heavy (non-hydrogen) atoms. The molecule has 0 radical (unpaired) electrons. The molecular formula is C23H30N4O2. The average Bonchev–Trinajstić information content (AvgIpc) is 3.39. The maximum absolute atomic E-state index is 13.4. The fourth-order valence-corrected chi connectivity index (χ4v) is 4.75. The summed E-state index contributed by atoms with van der Waals surface area (Å²) in [5.41, 5.74) is 2.14. The van der Waals surface area contributed by atoms with Crippen LogP contribution in [-0.4, -0.2) is 34.0 Å². The standard InChI is InChI=1S/C23H30N4O2/c1-16-6-5-8-19(17(16)2)25-22(28)14-21(26-13-11-24-15-26)23(29)27-12-10-18-7-3-4-9-20(18)27/h3-4,7,9,11,13,15-17,19,21H,5-6,8,10,12,14H2,1-2H3,(H,25,28). The lowest BCUT2D eigenvalue weighted by Gasteiger charge is -2.35. The van der Waals surface area contributed by atoms with Crippen molar-refractivity contribution >= 4 is 17.5 Å². The van der Waals surface area contributed by atoms with E-state index in [4.69, 9.17) is 0 Å². The number of nitrogens with one attached hydrogen (secondary N) is 1. The minimum Gasteiger partial charge on any atom is -0.353 e. The van der Waals surface area contributed by atoms with E-state index in [1.165, 1.54) is 12.0 Å². The molecule has 154 valence electrons. The number of anilines is 1. The SMILES string of the molecule is CC1CCCC(NC(=O)CC(C(=O)N2CCc3ccccc32)n2ccnc2)C1C. The van der Waals surface area contributed by atoms with E-state index in [2.05, 4.69) is 30.2 Å². The molecule has 1 aromatic heterocycles. The highest BCUT2D eigenvalue weighted by molar-refractivity contribution is 6.00. The molecule has 1 N–H and O–H groups in total. The normalized spacial score (nSPS) is 24.8. The Labute approximate surface area is 172 Å². The second-order valence-electron chi connectivity index (χ2n) is 8.54. The number of amides is 2. The van der Waals surface area contributed by atoms with E-state index in [-0.39, 0.29) is 24.3 Å². The molecule has 0 saturated heterocycles. The Morgan fingerprint density at radius 1 is 1.24 bits per heavy atom. The molecule has 4 rings (SSSR count). The molecule has 1 aliphatic carbocycles. The van der Waals surface area contributed by atoms with E-state index < -0.39 is 6.04 Å². The predicted molar refractivity (Wildman–Crippen MR) is 112 cm³/mol. The lowest BCUT2D eigenvalue weighted by molar-refractivity contribution is -0.128. The van der Waals surface area contributed by atoms with Crippen molar-refractivity contribution in [3.05, 3.63) is 48.5 Å². The zero-order valence-electron chi connectivity index (χ0n) is 17.3. The zero-order chi connectivity index (χ0) is 20.4. The van der Waals surface area contributed by atoms with Crippen LogP contribution in [0.4, 0.5) is 5.69 Å². The minimum absolute atomic E-state index is 0.0480. The van der Waals surface area contributed by atoms with Gasteiger partial charge in [0.25, 0.3) is 5.91 Å². The minimum atomic E-state index is -0.583. The van der Waals surface area contributed by atoms with Gasteiger partial charge in [-0.3, -0.25) is 9.59 Å². The van der Waals surface area contributed by atoms with Crippen molar-refractivity contribution in [3.8, 4) is 0 Å². The van der Waals surface area contributed by atoms with Crippen LogP contribution in [0.3, 0.4) is 0 Å². The maximum atomic E-state index is 13.4. The van der Waals surface area contributed by atoms with Crippen molar-refractivity contribution in [2.24, 2.45) is 11.8 Å². The third-order valence-electron chi connectivity index (χ3n) is 6.75. The van der Waals surface area contributed by atoms with Gasteiger partial charge in [0.15, 0.2) is 0 Å². The number of aromatic nitrogens is 2. The summed E-state index contributed by atoms with van der Waals surface area (Å²) in [6, 6.07) is 7.61. The number of rotatable bonds is 5. The molecule has 1 saturated carbocycles. The summed E-state index contributed by atoms with van der Waals surface area (Å²) in [5.74, 6) is 0.963. The van der Waals surface area contributed by atoms with Crippen LogP contribution in [0.15, 0.2) is 43.0 Å². The molecule has 2 aliphatic rings. The molecule has 4 atom stereocenters. The average molecular weight is 395 g/mol. The van der Waals surface area contributed by atoms with Crippen LogP contribution in [0.5, 0.6) is 0 Å². The molecule has 6 nitrogen and oxygen atoms in total. The molecule has 4 unspecified atom stereocenters. The molecule has 6 heteroatoms. The van der Waals surface area contributed by atoms with Gasteiger partial charge in [0.1, 0.15) is 6.04 Å². The lowest BCUT2D eigenvalue weighted by Crippen LogP contribution is -2.45. The van der Waals surface area contributed by atoms with Crippen molar-refractivity contribution in [1.29, 1.82) is 0 Å². The summed E-state index contributed by atoms with van der Waals surface area (Å²) >= 11 is 0. The Morgan fingerprint density at radius 2 is 2.07 bits per heavy atom. The summed E-state index contributed by atoms with van der Waals surface area (Å²) in [4.78, 5) is 32.3. The lowest BCUT2D eigenvalue weighted by atomic mass is 9.78. The molecule has 2 amide bonds. The molecule has 2 aromatic rings. The van der Waals surface area contributed by atoms with Gasteiger partial charge in [-0.05, 0) is 36.3 Å². The Kier molecular flexibility index (Phi) is 5.69. The van der Waals surface area contributed by atoms with Gasteiger partial charge < -0.3 is 14.8 Å². The number of imidazole rings is 1. The van der Waals surface area contributed by atoms with Crippen molar-refractivity contribution in [2.45, 2.75) is 58.0 Å². The third-order valence-corrected chi connectivity index (χ3v) is 6.75. The predicted octanol–water partition coefficient (Wildman–Crippen LogP) is 3.34. The number of nitrogens with zero attached hydrogens (tertiary/aromatic N) is 3. The molecule has 1 aliphatic heterocycles. The highest BCUT2D eigenvalue weighted by atomic mass is 16.2. The molecule has 0 bridgehead atoms. The summed E-state index contributed by atoms with van der Waals surface area (Å²) in [5, 5.41) is 3.21. The van der Waals surface area contributed by atoms with Crippen LogP contribution < -0.4 is 10.2 Å². The van der Waals surface area contributed by atoms with E-state index in [1.807, 2.05) is 23.1 Å². The second-order valence-corrected chi connectivity index (χ2v) is 8.54. The Morgan fingerprint density at radius 3 is 2.86 bits per heavy atom. The number of fused-ring (bicyclic) bond motifs is 1. The first kappa shape index (κ1) is 19.7. The Bertz CT molecular complexity index is 864. The largest absolute Gasteiger partial charge is 0.353 e. The van der Waals surface area contributed by atoms with Gasteiger partial charge in [0.05, 0.1) is 12.7 Å². The molecule has 2 heterocycles. The number of hydrogen-bond acceptors (Lipinski definition) is 3. The monoisotopic (exact) mass is 394 g/mol. The van der Waals surface area contributed by atoms with Gasteiger partial charge in [-0.25, -0.2) is 4.98 Å². The van der Waals surface area contributed by atoms with Gasteiger partial charge >= 0.3 is 0 Å². The van der Waals surface area contributed by atoms with Crippen LogP contribution in [0, 0.1) is 11.8 Å². The highest BCUT2D eigenvalue weighted by Gasteiger charge is 2.34. The van der Waals surface area contributed by atoms with Gasteiger partial charge in [-0.15, -0.1) is 0 Å². The summed E-state index contributed by atoms with van der Waals surface area (Å²) in [7, 11) is 0. The molecule has 1 fully saturated rings. The fraction of sp³-hybridized carbons (Fsp3) is 0.522. The van der Waals surface area contributed by atoms with Crippen LogP contribution in [0.2, 0.25) is 0 Å². The van der Waals surface area contributed by atoms with E-state index in [0.29, 0.717) is 18.4 Å². The van der Waals surface area contributed by atoms with E-state index >= 15 is 0 Å². The smallest absolute Gasteiger partial charge is 0.250 e. The van der Waals surface area contributed by atoms with Gasteiger partial charge in [-0.1, -0.05) is 44.9 Å². The topological polar surface area (TPSA) is 67.2 Å². The van der Waals surface area contributed by atoms with Crippen molar-refractivity contribution in [2.75, 3.05) is 11.4 Å². The van der Waals surface area contributed by atoms with Gasteiger partial charge in [-0.2, -0.15) is 0 Å². The van der Waals surface area contributed by atoms with Crippen LogP contribution in [0.1, 0.15) is 51.1 Å². The summed E-state index contributed by atoms with van der Waals surface area (Å²) in [6.45, 7) is 5.13. The number of carbonyl (C=O) groups excluding carboxylic acids is 2. The first-order valence-corrected chi connectivity index (χ1v) is 10.7. The Balaban J connectivity index is 1.50. The van der Waals surface area contributed by atoms with Crippen LogP contribution in [0.25, 0.3) is 0 Å². The van der Waals surface area contributed by atoms with E-state index in [1.54, 1.807) is 23.3 Å². The van der Waals surface area contributed by atoms with Crippen LogP contribution >= 0.6 is 0 Å². The van der Waals surface area contributed by atoms with Gasteiger partial charge in [0.2, 0.25) is 5.91 Å². The Hall–Kier alpha value is -2.63. The van der Waals surface area contributed by atoms with E-state index in [9.17, 15) is 9.59 Å². The second kappa shape index (κ2) is 8.39. The van der Waals surface area contributed by atoms with Crippen molar-refractivity contribution < 1.29 is 9.59 Å². The summed E-state index contributed by atoms with van der Waals surface area (Å²) in [6.07, 6.45) is 9.41. The quantitative estimate of drug-likeness (QED) is 0.846. The maximum Gasteiger partial charge on any atom is 0.250 e. The molecule has 1 aromatic carbocycles.